The van der Waals surface area contributed by atoms with E-state index < -0.39 is 0 Å². The second-order valence-electron chi connectivity index (χ2n) is 7.65. The monoisotopic (exact) mass is 404 g/mol. The number of methoxy groups -OCH3 is 1. The summed E-state index contributed by atoms with van der Waals surface area (Å²) < 4.78 is 6.80. The van der Waals surface area contributed by atoms with E-state index in [4.69, 9.17) is 4.74 Å². The maximum atomic E-state index is 12.6. The highest BCUT2D eigenvalue weighted by Gasteiger charge is 2.29. The van der Waals surface area contributed by atoms with Crippen LogP contribution in [0.2, 0.25) is 0 Å². The summed E-state index contributed by atoms with van der Waals surface area (Å²) in [6.45, 7) is 5.09. The van der Waals surface area contributed by atoms with Crippen LogP contribution in [0.25, 0.3) is 0 Å². The Hall–Kier alpha value is -2.19. The van der Waals surface area contributed by atoms with Crippen LogP contribution in [0, 0.1) is 12.8 Å². The van der Waals surface area contributed by atoms with Crippen molar-refractivity contribution in [1.82, 2.24) is 14.7 Å². The van der Waals surface area contributed by atoms with Gasteiger partial charge in [-0.05, 0) is 44.7 Å². The standard InChI is InChI=1S/C20H28N4O3S/c1-12-6-7-15-16(8-12)28-19(18(15)20(26)27-5)22-17(25)11-23(3)10-14-9-21-24(4)13(14)2/h9,12H,6-8,10-11H2,1-5H3,(H,22,25). The summed E-state index contributed by atoms with van der Waals surface area (Å²) in [7, 11) is 5.18. The van der Waals surface area contributed by atoms with Gasteiger partial charge < -0.3 is 10.1 Å². The first-order chi connectivity index (χ1) is 13.3. The average molecular weight is 405 g/mol. The van der Waals surface area contributed by atoms with E-state index >= 15 is 0 Å². The third-order valence-electron chi connectivity index (χ3n) is 5.34. The van der Waals surface area contributed by atoms with E-state index in [2.05, 4.69) is 17.3 Å². The minimum atomic E-state index is -0.373. The van der Waals surface area contributed by atoms with Crippen LogP contribution >= 0.6 is 11.3 Å². The molecule has 0 saturated carbocycles. The zero-order chi connectivity index (χ0) is 20.4. The molecule has 2 aromatic heterocycles. The number of aryl methyl sites for hydroxylation is 1. The van der Waals surface area contributed by atoms with Gasteiger partial charge >= 0.3 is 5.97 Å². The van der Waals surface area contributed by atoms with Crippen molar-refractivity contribution < 1.29 is 14.3 Å². The van der Waals surface area contributed by atoms with Crippen LogP contribution in [0.4, 0.5) is 5.00 Å². The molecule has 0 aromatic carbocycles. The molecule has 0 fully saturated rings. The second-order valence-corrected chi connectivity index (χ2v) is 8.75. The zero-order valence-electron chi connectivity index (χ0n) is 17.2. The molecular formula is C20H28N4O3S. The average Bonchev–Trinajstić information content (AvgIpc) is 3.14. The zero-order valence-corrected chi connectivity index (χ0v) is 18.0. The van der Waals surface area contributed by atoms with Gasteiger partial charge in [-0.1, -0.05) is 6.92 Å². The number of nitrogens with one attached hydrogen (secondary N) is 1. The van der Waals surface area contributed by atoms with Gasteiger partial charge in [0.25, 0.3) is 0 Å². The summed E-state index contributed by atoms with van der Waals surface area (Å²) in [5.41, 5.74) is 3.76. The number of ether oxygens (including phenoxy) is 1. The van der Waals surface area contributed by atoms with Gasteiger partial charge in [0, 0.05) is 29.7 Å². The van der Waals surface area contributed by atoms with Crippen molar-refractivity contribution in [2.24, 2.45) is 13.0 Å². The fourth-order valence-electron chi connectivity index (χ4n) is 3.61. The first-order valence-corrected chi connectivity index (χ1v) is 10.3. The number of hydrogen-bond acceptors (Lipinski definition) is 6. The SMILES string of the molecule is COC(=O)c1c(NC(=O)CN(C)Cc2cnn(C)c2C)sc2c1CCC(C)C2. The number of esters is 1. The molecule has 0 aliphatic heterocycles. The Kier molecular flexibility index (Phi) is 6.20. The highest BCUT2D eigenvalue weighted by molar-refractivity contribution is 7.17. The molecule has 1 unspecified atom stereocenters. The molecule has 28 heavy (non-hydrogen) atoms. The normalized spacial score (nSPS) is 16.1. The molecule has 0 bridgehead atoms. The Labute approximate surface area is 169 Å². The van der Waals surface area contributed by atoms with Crippen LogP contribution in [-0.2, 0) is 36.0 Å². The number of carbonyl (C=O) groups is 2. The number of thiophene rings is 1. The molecule has 0 saturated heterocycles. The molecule has 2 heterocycles. The third kappa shape index (κ3) is 4.28. The van der Waals surface area contributed by atoms with Crippen LogP contribution in [0.15, 0.2) is 6.20 Å². The van der Waals surface area contributed by atoms with E-state index in [1.165, 1.54) is 23.3 Å². The molecule has 152 valence electrons. The molecule has 1 N–H and O–H groups in total. The third-order valence-corrected chi connectivity index (χ3v) is 6.51. The van der Waals surface area contributed by atoms with E-state index in [0.717, 1.165) is 36.1 Å². The summed E-state index contributed by atoms with van der Waals surface area (Å²) in [6, 6.07) is 0. The molecule has 7 nitrogen and oxygen atoms in total. The predicted octanol–water partition coefficient (Wildman–Crippen LogP) is 2.77. The molecule has 0 spiro atoms. The molecular weight excluding hydrogens is 376 g/mol. The number of hydrogen-bond donors (Lipinski definition) is 1. The highest BCUT2D eigenvalue weighted by atomic mass is 32.1. The van der Waals surface area contributed by atoms with Gasteiger partial charge in [0.2, 0.25) is 5.91 Å². The fourth-order valence-corrected chi connectivity index (χ4v) is 5.03. The van der Waals surface area contributed by atoms with Crippen LogP contribution in [0.5, 0.6) is 0 Å². The maximum Gasteiger partial charge on any atom is 0.341 e. The van der Waals surface area contributed by atoms with Crippen molar-refractivity contribution in [3.63, 3.8) is 0 Å². The number of carbonyl (C=O) groups excluding carboxylic acids is 2. The number of fused-ring (bicyclic) bond motifs is 1. The number of aromatic nitrogens is 2. The van der Waals surface area contributed by atoms with Gasteiger partial charge in [-0.2, -0.15) is 5.10 Å². The lowest BCUT2D eigenvalue weighted by Gasteiger charge is -2.18. The van der Waals surface area contributed by atoms with Gasteiger partial charge in [-0.15, -0.1) is 11.3 Å². The van der Waals surface area contributed by atoms with Crippen molar-refractivity contribution >= 4 is 28.2 Å². The number of rotatable bonds is 6. The van der Waals surface area contributed by atoms with Gasteiger partial charge in [0.15, 0.2) is 0 Å². The second kappa shape index (κ2) is 8.45. The summed E-state index contributed by atoms with van der Waals surface area (Å²) in [4.78, 5) is 28.1. The molecule has 2 aromatic rings. The Morgan fingerprint density at radius 2 is 2.21 bits per heavy atom. The van der Waals surface area contributed by atoms with E-state index in [1.54, 1.807) is 0 Å². The smallest absolute Gasteiger partial charge is 0.341 e. The summed E-state index contributed by atoms with van der Waals surface area (Å²) in [5.74, 6) is 0.0802. The largest absolute Gasteiger partial charge is 0.465 e. The van der Waals surface area contributed by atoms with Crippen LogP contribution < -0.4 is 5.32 Å². The number of anilines is 1. The Balaban J connectivity index is 1.71. The molecule has 1 aliphatic carbocycles. The lowest BCUT2D eigenvalue weighted by atomic mass is 9.88. The molecule has 1 atom stereocenters. The van der Waals surface area contributed by atoms with Gasteiger partial charge in [-0.25, -0.2) is 4.79 Å². The predicted molar refractivity (Wildman–Crippen MR) is 110 cm³/mol. The molecule has 1 amide bonds. The van der Waals surface area contributed by atoms with Crippen molar-refractivity contribution in [1.29, 1.82) is 0 Å². The minimum absolute atomic E-state index is 0.138. The van der Waals surface area contributed by atoms with Gasteiger partial charge in [0.05, 0.1) is 25.4 Å². The lowest BCUT2D eigenvalue weighted by molar-refractivity contribution is -0.117. The lowest BCUT2D eigenvalue weighted by Crippen LogP contribution is -2.30. The van der Waals surface area contributed by atoms with E-state index in [9.17, 15) is 9.59 Å². The number of amides is 1. The first-order valence-electron chi connectivity index (χ1n) is 9.48. The Morgan fingerprint density at radius 1 is 1.46 bits per heavy atom. The quantitative estimate of drug-likeness (QED) is 0.749. The van der Waals surface area contributed by atoms with Crippen LogP contribution in [0.1, 0.15) is 45.4 Å². The molecule has 1 aliphatic rings. The minimum Gasteiger partial charge on any atom is -0.465 e. The van der Waals surface area contributed by atoms with Crippen LogP contribution in [0.3, 0.4) is 0 Å². The first kappa shape index (κ1) is 20.5. The van der Waals surface area contributed by atoms with E-state index in [1.807, 2.05) is 36.8 Å². The summed E-state index contributed by atoms with van der Waals surface area (Å²) in [6.07, 6.45) is 4.68. The fraction of sp³-hybridized carbons (Fsp3) is 0.550. The van der Waals surface area contributed by atoms with E-state index in [-0.39, 0.29) is 18.4 Å². The Morgan fingerprint density at radius 3 is 2.86 bits per heavy atom. The van der Waals surface area contributed by atoms with Crippen LogP contribution in [-0.4, -0.2) is 47.3 Å². The molecule has 0 radical (unpaired) electrons. The van der Waals surface area contributed by atoms with Crippen molar-refractivity contribution in [3.05, 3.63) is 33.5 Å². The molecule has 3 rings (SSSR count). The number of nitrogens with zero attached hydrogens (tertiary/aromatic N) is 3. The maximum absolute atomic E-state index is 12.6. The van der Waals surface area contributed by atoms with Gasteiger partial charge in [-0.3, -0.25) is 14.4 Å². The van der Waals surface area contributed by atoms with Crippen molar-refractivity contribution in [2.45, 2.75) is 39.7 Å². The van der Waals surface area contributed by atoms with E-state index in [0.29, 0.717) is 23.0 Å². The Bertz CT molecular complexity index is 886. The van der Waals surface area contributed by atoms with Crippen molar-refractivity contribution in [2.75, 3.05) is 26.0 Å². The summed E-state index contributed by atoms with van der Waals surface area (Å²) >= 11 is 1.51. The van der Waals surface area contributed by atoms with Gasteiger partial charge in [0.1, 0.15) is 5.00 Å². The summed E-state index contributed by atoms with van der Waals surface area (Å²) in [5, 5.41) is 7.80. The van der Waals surface area contributed by atoms with Crippen molar-refractivity contribution in [3.8, 4) is 0 Å². The number of likely N-dealkylation sites (N-methyl/N-ethyl adjacent to an activating group) is 1. The topological polar surface area (TPSA) is 76.5 Å². The molecule has 8 heteroatoms. The highest BCUT2D eigenvalue weighted by Crippen LogP contribution is 2.40.